The molecule has 1 N–H and O–H groups in total. The van der Waals surface area contributed by atoms with Gasteiger partial charge in [-0.2, -0.15) is 4.31 Å². The van der Waals surface area contributed by atoms with Crippen LogP contribution in [-0.4, -0.2) is 38.9 Å². The summed E-state index contributed by atoms with van der Waals surface area (Å²) in [6.07, 6.45) is 1.87. The summed E-state index contributed by atoms with van der Waals surface area (Å²) in [4.78, 5) is 1.04. The third-order valence-electron chi connectivity index (χ3n) is 3.97. The van der Waals surface area contributed by atoms with E-state index in [0.29, 0.717) is 29.3 Å². The van der Waals surface area contributed by atoms with Crippen molar-refractivity contribution in [2.75, 3.05) is 20.1 Å². The van der Waals surface area contributed by atoms with E-state index < -0.39 is 10.0 Å². The smallest absolute Gasteiger partial charge is 0.252 e. The first kappa shape index (κ1) is 15.0. The van der Waals surface area contributed by atoms with Crippen molar-refractivity contribution in [1.29, 1.82) is 0 Å². The molecule has 0 bridgehead atoms. The lowest BCUT2D eigenvalue weighted by atomic mass is 9.91. The Morgan fingerprint density at radius 2 is 2.00 bits per heavy atom. The number of hydrogen-bond donors (Lipinski definition) is 1. The fourth-order valence-electron chi connectivity index (χ4n) is 2.53. The predicted octanol–water partition coefficient (Wildman–Crippen LogP) is 2.07. The highest BCUT2D eigenvalue weighted by Gasteiger charge is 2.31. The number of hydrogen-bond acceptors (Lipinski definition) is 4. The topological polar surface area (TPSA) is 49.4 Å². The van der Waals surface area contributed by atoms with Crippen LogP contribution in [0.3, 0.4) is 0 Å². The van der Waals surface area contributed by atoms with Gasteiger partial charge in [-0.25, -0.2) is 8.42 Å². The zero-order valence-electron chi connectivity index (χ0n) is 11.7. The van der Waals surface area contributed by atoms with Crippen molar-refractivity contribution in [3.05, 3.63) is 17.0 Å². The van der Waals surface area contributed by atoms with Gasteiger partial charge in [-0.3, -0.25) is 0 Å². The molecule has 0 spiro atoms. The largest absolute Gasteiger partial charge is 0.317 e. The number of sulfonamides is 1. The molecule has 1 unspecified atom stereocenters. The quantitative estimate of drug-likeness (QED) is 0.926. The van der Waals surface area contributed by atoms with Crippen molar-refractivity contribution in [2.24, 2.45) is 5.92 Å². The minimum atomic E-state index is -3.27. The minimum absolute atomic E-state index is 0.453. The van der Waals surface area contributed by atoms with Crippen LogP contribution in [0.15, 0.2) is 16.3 Å². The summed E-state index contributed by atoms with van der Waals surface area (Å²) in [5.41, 5.74) is 0. The van der Waals surface area contributed by atoms with Gasteiger partial charge in [0.2, 0.25) is 0 Å². The van der Waals surface area contributed by atoms with E-state index in [1.54, 1.807) is 10.4 Å². The molecule has 1 atom stereocenters. The molecule has 19 heavy (non-hydrogen) atoms. The number of piperidine rings is 1. The third-order valence-corrected chi connectivity index (χ3v) is 7.34. The summed E-state index contributed by atoms with van der Waals surface area (Å²) >= 11 is 1.36. The van der Waals surface area contributed by atoms with Crippen molar-refractivity contribution in [2.45, 2.75) is 36.9 Å². The fraction of sp³-hybridized carbons (Fsp3) is 0.692. The summed E-state index contributed by atoms with van der Waals surface area (Å²) in [5.74, 6) is 0.571. The Kier molecular flexibility index (Phi) is 4.66. The molecule has 0 aromatic carbocycles. The molecule has 0 saturated carbocycles. The summed E-state index contributed by atoms with van der Waals surface area (Å²) in [7, 11) is -1.31. The molecule has 0 radical (unpaired) electrons. The second-order valence-electron chi connectivity index (χ2n) is 5.18. The number of nitrogens with one attached hydrogen (secondary N) is 1. The lowest BCUT2D eigenvalue weighted by molar-refractivity contribution is 0.237. The molecule has 4 nitrogen and oxygen atoms in total. The molecule has 1 fully saturated rings. The second-order valence-corrected chi connectivity index (χ2v) is 8.64. The Hall–Kier alpha value is -0.430. The molecule has 1 aromatic rings. The average molecular weight is 302 g/mol. The van der Waals surface area contributed by atoms with Crippen molar-refractivity contribution in [3.8, 4) is 0 Å². The molecule has 1 aliphatic rings. The molecule has 0 amide bonds. The zero-order valence-corrected chi connectivity index (χ0v) is 13.4. The van der Waals surface area contributed by atoms with Gasteiger partial charge < -0.3 is 5.32 Å². The van der Waals surface area contributed by atoms with Crippen LogP contribution in [0.1, 0.15) is 24.6 Å². The van der Waals surface area contributed by atoms with Gasteiger partial charge in [0.05, 0.1) is 0 Å². The van der Waals surface area contributed by atoms with Crippen LogP contribution < -0.4 is 5.32 Å². The molecule has 0 aliphatic carbocycles. The third kappa shape index (κ3) is 3.18. The first-order valence-corrected chi connectivity index (χ1v) is 8.94. The maximum atomic E-state index is 12.5. The van der Waals surface area contributed by atoms with Crippen LogP contribution in [0.25, 0.3) is 0 Å². The van der Waals surface area contributed by atoms with E-state index in [2.05, 4.69) is 12.2 Å². The SMILES string of the molecule is CNC(C)C1CCN(S(=O)(=O)c2ccc(C)s2)CC1. The van der Waals surface area contributed by atoms with Crippen LogP contribution in [0.4, 0.5) is 0 Å². The molecule has 6 heteroatoms. The monoisotopic (exact) mass is 302 g/mol. The second kappa shape index (κ2) is 5.91. The number of nitrogens with zero attached hydrogens (tertiary/aromatic N) is 1. The summed E-state index contributed by atoms with van der Waals surface area (Å²) in [5, 5.41) is 3.26. The van der Waals surface area contributed by atoms with E-state index in [4.69, 9.17) is 0 Å². The van der Waals surface area contributed by atoms with E-state index >= 15 is 0 Å². The van der Waals surface area contributed by atoms with E-state index in [-0.39, 0.29) is 0 Å². The summed E-state index contributed by atoms with van der Waals surface area (Å²) in [6.45, 7) is 5.37. The zero-order chi connectivity index (χ0) is 14.0. The lowest BCUT2D eigenvalue weighted by Crippen LogP contribution is -2.43. The van der Waals surface area contributed by atoms with Gasteiger partial charge in [0.25, 0.3) is 10.0 Å². The van der Waals surface area contributed by atoms with Crippen LogP contribution in [0.5, 0.6) is 0 Å². The first-order chi connectivity index (χ1) is 8.95. The van der Waals surface area contributed by atoms with Crippen molar-refractivity contribution in [1.82, 2.24) is 9.62 Å². The van der Waals surface area contributed by atoms with Crippen molar-refractivity contribution >= 4 is 21.4 Å². The molecule has 1 saturated heterocycles. The van der Waals surface area contributed by atoms with Crippen LogP contribution in [-0.2, 0) is 10.0 Å². The normalized spacial score (nSPS) is 20.6. The molecule has 1 aromatic heterocycles. The van der Waals surface area contributed by atoms with Crippen LogP contribution in [0, 0.1) is 12.8 Å². The predicted molar refractivity (Wildman–Crippen MR) is 79.1 cm³/mol. The van der Waals surface area contributed by atoms with Gasteiger partial charge in [0, 0.05) is 24.0 Å². The fourth-order valence-corrected chi connectivity index (χ4v) is 5.44. The lowest BCUT2D eigenvalue weighted by Gasteiger charge is -2.33. The van der Waals surface area contributed by atoms with Crippen molar-refractivity contribution < 1.29 is 8.42 Å². The molecule has 1 aliphatic heterocycles. The first-order valence-electron chi connectivity index (χ1n) is 6.69. The van der Waals surface area contributed by atoms with E-state index in [1.165, 1.54) is 11.3 Å². The Bertz CT molecular complexity index is 517. The van der Waals surface area contributed by atoms with Crippen LogP contribution in [0.2, 0.25) is 0 Å². The van der Waals surface area contributed by atoms with Gasteiger partial charge >= 0.3 is 0 Å². The Morgan fingerprint density at radius 3 is 2.47 bits per heavy atom. The summed E-state index contributed by atoms with van der Waals surface area (Å²) < 4.78 is 27.0. The summed E-state index contributed by atoms with van der Waals surface area (Å²) in [6, 6.07) is 4.04. The van der Waals surface area contributed by atoms with Gasteiger partial charge in [-0.15, -0.1) is 11.3 Å². The molecule has 2 heterocycles. The maximum Gasteiger partial charge on any atom is 0.252 e. The molecule has 108 valence electrons. The van der Waals surface area contributed by atoms with Gasteiger partial charge in [0.1, 0.15) is 4.21 Å². The van der Waals surface area contributed by atoms with Gasteiger partial charge in [-0.1, -0.05) is 0 Å². The highest BCUT2D eigenvalue weighted by atomic mass is 32.2. The van der Waals surface area contributed by atoms with E-state index in [1.807, 2.05) is 20.0 Å². The highest BCUT2D eigenvalue weighted by Crippen LogP contribution is 2.28. The highest BCUT2D eigenvalue weighted by molar-refractivity contribution is 7.91. The van der Waals surface area contributed by atoms with E-state index in [9.17, 15) is 8.42 Å². The standard InChI is InChI=1S/C13H22N2O2S2/c1-10-4-5-13(18-10)19(16,17)15-8-6-12(7-9-15)11(2)14-3/h4-5,11-12,14H,6-9H2,1-3H3. The minimum Gasteiger partial charge on any atom is -0.317 e. The Morgan fingerprint density at radius 1 is 1.37 bits per heavy atom. The molecule has 2 rings (SSSR count). The Balaban J connectivity index is 2.05. The number of thiophene rings is 1. The van der Waals surface area contributed by atoms with Gasteiger partial charge in [-0.05, 0) is 51.8 Å². The Labute approximate surface area is 119 Å². The average Bonchev–Trinajstić information content (AvgIpc) is 2.85. The van der Waals surface area contributed by atoms with Crippen molar-refractivity contribution in [3.63, 3.8) is 0 Å². The molecular weight excluding hydrogens is 280 g/mol. The number of rotatable bonds is 4. The number of aryl methyl sites for hydroxylation is 1. The van der Waals surface area contributed by atoms with Crippen LogP contribution >= 0.6 is 11.3 Å². The van der Waals surface area contributed by atoms with E-state index in [0.717, 1.165) is 17.7 Å². The molecular formula is C13H22N2O2S2. The van der Waals surface area contributed by atoms with Gasteiger partial charge in [0.15, 0.2) is 0 Å². The maximum absolute atomic E-state index is 12.5.